The normalized spacial score (nSPS) is 15.9. The van der Waals surface area contributed by atoms with Crippen molar-refractivity contribution in [1.29, 1.82) is 0 Å². The number of nitrogens with zero attached hydrogens (tertiary/aromatic N) is 1. The number of esters is 2. The van der Waals surface area contributed by atoms with Crippen molar-refractivity contribution < 1.29 is 32.3 Å². The van der Waals surface area contributed by atoms with Crippen LogP contribution in [0.2, 0.25) is 0 Å². The quantitative estimate of drug-likeness (QED) is 0.219. The van der Waals surface area contributed by atoms with E-state index < -0.39 is 40.1 Å². The Balaban J connectivity index is 1.99. The zero-order valence-electron chi connectivity index (χ0n) is 21.5. The van der Waals surface area contributed by atoms with Crippen LogP contribution in [-0.4, -0.2) is 63.0 Å². The molecule has 1 aliphatic rings. The van der Waals surface area contributed by atoms with Crippen LogP contribution in [0, 0.1) is 6.92 Å². The van der Waals surface area contributed by atoms with Crippen molar-refractivity contribution in [3.63, 3.8) is 0 Å². The van der Waals surface area contributed by atoms with Gasteiger partial charge in [-0.3, -0.25) is 0 Å². The van der Waals surface area contributed by atoms with Gasteiger partial charge in [0.2, 0.25) is 0 Å². The number of carbonyl (C=O) groups is 3. The third-order valence-electron chi connectivity index (χ3n) is 6.15. The van der Waals surface area contributed by atoms with Gasteiger partial charge in [0.1, 0.15) is 17.8 Å². The first-order chi connectivity index (χ1) is 18.2. The Morgan fingerprint density at radius 1 is 1.11 bits per heavy atom. The number of anilines is 1. The van der Waals surface area contributed by atoms with Crippen LogP contribution < -0.4 is 21.1 Å². The molecule has 206 valence electrons. The summed E-state index contributed by atoms with van der Waals surface area (Å²) in [6.07, 6.45) is 1.95. The summed E-state index contributed by atoms with van der Waals surface area (Å²) in [4.78, 5) is 39.3. The fraction of sp³-hybridized carbons (Fsp3) is 0.423. The molecule has 1 heterocycles. The second-order valence-corrected chi connectivity index (χ2v) is 10.8. The molecule has 0 radical (unpaired) electrons. The minimum atomic E-state index is -4.55. The van der Waals surface area contributed by atoms with Crippen LogP contribution in [0.4, 0.5) is 10.5 Å². The van der Waals surface area contributed by atoms with E-state index in [2.05, 4.69) is 10.6 Å². The van der Waals surface area contributed by atoms with E-state index >= 15 is 0 Å². The monoisotopic (exact) mass is 546 g/mol. The van der Waals surface area contributed by atoms with Gasteiger partial charge in [-0.25, -0.2) is 27.1 Å². The molecule has 2 aromatic rings. The van der Waals surface area contributed by atoms with Gasteiger partial charge in [-0.2, -0.15) is 0 Å². The molecule has 4 N–H and O–H groups in total. The lowest BCUT2D eigenvalue weighted by Crippen LogP contribution is -2.51. The molecule has 0 saturated carbocycles. The summed E-state index contributed by atoms with van der Waals surface area (Å²) in [5.74, 6) is -1.39. The molecule has 1 saturated heterocycles. The molecule has 2 atom stereocenters. The summed E-state index contributed by atoms with van der Waals surface area (Å²) < 4.78 is 38.3. The largest absolute Gasteiger partial charge is 0.497 e. The highest BCUT2D eigenvalue weighted by Crippen LogP contribution is 2.25. The maximum Gasteiger partial charge on any atom is 0.337 e. The van der Waals surface area contributed by atoms with E-state index in [1.165, 1.54) is 31.4 Å². The van der Waals surface area contributed by atoms with Gasteiger partial charge in [0.15, 0.2) is 0 Å². The van der Waals surface area contributed by atoms with E-state index in [0.29, 0.717) is 42.4 Å². The summed E-state index contributed by atoms with van der Waals surface area (Å²) in [5.41, 5.74) is 6.70. The lowest BCUT2D eigenvalue weighted by atomic mass is 10.1. The van der Waals surface area contributed by atoms with Crippen LogP contribution in [-0.2, 0) is 24.3 Å². The van der Waals surface area contributed by atoms with Gasteiger partial charge in [-0.05, 0) is 88.5 Å². The Hall–Kier alpha value is -3.48. The van der Waals surface area contributed by atoms with E-state index in [1.807, 2.05) is 0 Å². The molecule has 0 aromatic heterocycles. The molecular formula is C26H34N4O7S. The Morgan fingerprint density at radius 2 is 1.79 bits per heavy atom. The molecule has 2 amide bonds. The molecular weight excluding hydrogens is 512 g/mol. The van der Waals surface area contributed by atoms with Gasteiger partial charge in [0, 0.05) is 5.69 Å². The predicted octanol–water partition coefficient (Wildman–Crippen LogP) is 2.55. The number of methoxy groups -OCH3 is 1. The van der Waals surface area contributed by atoms with Crippen molar-refractivity contribution in [2.45, 2.75) is 56.0 Å². The molecule has 11 nitrogen and oxygen atoms in total. The predicted molar refractivity (Wildman–Crippen MR) is 141 cm³/mol. The number of amides is 2. The van der Waals surface area contributed by atoms with Crippen LogP contribution in [0.25, 0.3) is 0 Å². The molecule has 1 fully saturated rings. The first-order valence-electron chi connectivity index (χ1n) is 12.4. The smallest absolute Gasteiger partial charge is 0.337 e. The Bertz CT molecular complexity index is 1210. The van der Waals surface area contributed by atoms with Crippen LogP contribution >= 0.6 is 0 Å². The Morgan fingerprint density at radius 3 is 2.37 bits per heavy atom. The minimum Gasteiger partial charge on any atom is -0.497 e. The van der Waals surface area contributed by atoms with E-state index in [4.69, 9.17) is 15.2 Å². The lowest BCUT2D eigenvalue weighted by molar-refractivity contribution is -0.163. The van der Waals surface area contributed by atoms with Crippen molar-refractivity contribution in [2.75, 3.05) is 25.5 Å². The average Bonchev–Trinajstić information content (AvgIpc) is 3.44. The van der Waals surface area contributed by atoms with Gasteiger partial charge in [-0.1, -0.05) is 17.7 Å². The number of urea groups is 1. The third-order valence-corrected chi connectivity index (χ3v) is 7.96. The number of unbranched alkanes of at least 4 members (excludes halogenated alkanes) is 1. The molecule has 3 rings (SSSR count). The van der Waals surface area contributed by atoms with Crippen molar-refractivity contribution in [3.8, 4) is 5.75 Å². The zero-order chi connectivity index (χ0) is 27.7. The number of benzene rings is 2. The van der Waals surface area contributed by atoms with Crippen LogP contribution in [0.5, 0.6) is 5.75 Å². The second-order valence-electron chi connectivity index (χ2n) is 8.96. The molecule has 2 aromatic carbocycles. The fourth-order valence-corrected chi connectivity index (χ4v) is 5.53. The number of rotatable bonds is 11. The van der Waals surface area contributed by atoms with Gasteiger partial charge in [0.05, 0.1) is 12.0 Å². The maximum absolute atomic E-state index is 13.8. The van der Waals surface area contributed by atoms with Crippen molar-refractivity contribution in [3.05, 3.63) is 54.1 Å². The van der Waals surface area contributed by atoms with Gasteiger partial charge >= 0.3 is 18.0 Å². The topological polar surface area (TPSA) is 157 Å². The molecule has 0 spiro atoms. The standard InChI is InChI=1S/C26H34N4O7S/c1-18-8-14-21(15-9-18)38(34,35)30(26(33)29-19-10-12-20(36-2)13-11-19)23(7-3-4-16-27)25(32)37-24(31)22-6-5-17-28-22/h8-15,22-23,28H,3-7,16-17,27H2,1-2H3,(H,29,33)/t22-,23-/m0/s1. The van der Waals surface area contributed by atoms with Gasteiger partial charge in [0.25, 0.3) is 10.0 Å². The van der Waals surface area contributed by atoms with Crippen LogP contribution in [0.1, 0.15) is 37.7 Å². The number of nitrogens with one attached hydrogen (secondary N) is 2. The van der Waals surface area contributed by atoms with Crippen molar-refractivity contribution in [1.82, 2.24) is 9.62 Å². The highest BCUT2D eigenvalue weighted by atomic mass is 32.2. The number of aryl methyl sites for hydroxylation is 1. The van der Waals surface area contributed by atoms with Crippen molar-refractivity contribution in [2.24, 2.45) is 5.73 Å². The molecule has 0 unspecified atom stereocenters. The summed E-state index contributed by atoms with van der Waals surface area (Å²) in [6, 6.07) is 8.79. The fourth-order valence-electron chi connectivity index (χ4n) is 4.03. The SMILES string of the molecule is COc1ccc(NC(=O)N([C@@H](CCCCN)C(=O)OC(=O)[C@@H]2CCCN2)S(=O)(=O)c2ccc(C)cc2)cc1. The van der Waals surface area contributed by atoms with Crippen LogP contribution in [0.3, 0.4) is 0 Å². The van der Waals surface area contributed by atoms with Crippen molar-refractivity contribution >= 4 is 33.7 Å². The van der Waals surface area contributed by atoms with Gasteiger partial charge in [-0.15, -0.1) is 0 Å². The number of nitrogens with two attached hydrogens (primary N) is 1. The zero-order valence-corrected chi connectivity index (χ0v) is 22.3. The number of ether oxygens (including phenoxy) is 2. The highest BCUT2D eigenvalue weighted by molar-refractivity contribution is 7.89. The lowest BCUT2D eigenvalue weighted by Gasteiger charge is -2.30. The number of hydrogen-bond acceptors (Lipinski definition) is 9. The van der Waals surface area contributed by atoms with E-state index in [9.17, 15) is 22.8 Å². The number of carbonyl (C=O) groups excluding carboxylic acids is 3. The Kier molecular flexibility index (Phi) is 10.2. The number of hydrogen-bond donors (Lipinski definition) is 3. The third kappa shape index (κ3) is 7.30. The summed E-state index contributed by atoms with van der Waals surface area (Å²) >= 11 is 0. The summed E-state index contributed by atoms with van der Waals surface area (Å²) in [5, 5.41) is 5.48. The molecule has 12 heteroatoms. The first-order valence-corrected chi connectivity index (χ1v) is 13.9. The molecule has 0 aliphatic carbocycles. The minimum absolute atomic E-state index is 0.0808. The Labute approximate surface area is 222 Å². The van der Waals surface area contributed by atoms with Gasteiger partial charge < -0.3 is 25.8 Å². The maximum atomic E-state index is 13.8. The van der Waals surface area contributed by atoms with Crippen LogP contribution in [0.15, 0.2) is 53.4 Å². The summed E-state index contributed by atoms with van der Waals surface area (Å²) in [7, 11) is -3.06. The molecule has 0 bridgehead atoms. The number of sulfonamides is 1. The molecule has 38 heavy (non-hydrogen) atoms. The highest BCUT2D eigenvalue weighted by Gasteiger charge is 2.42. The molecule has 1 aliphatic heterocycles. The average molecular weight is 547 g/mol. The van der Waals surface area contributed by atoms with E-state index in [1.54, 1.807) is 31.2 Å². The second kappa shape index (κ2) is 13.4. The first kappa shape index (κ1) is 29.1. The summed E-state index contributed by atoms with van der Waals surface area (Å²) in [6.45, 7) is 2.70. The van der Waals surface area contributed by atoms with E-state index in [-0.39, 0.29) is 17.0 Å². The van der Waals surface area contributed by atoms with E-state index in [0.717, 1.165) is 12.0 Å².